The van der Waals surface area contributed by atoms with Crippen molar-refractivity contribution in [3.8, 4) is 0 Å². The maximum Gasteiger partial charge on any atom is 0.329 e. The van der Waals surface area contributed by atoms with E-state index < -0.39 is 0 Å². The molecular formula is C21H24ClN3O2. The predicted molar refractivity (Wildman–Crippen MR) is 111 cm³/mol. The van der Waals surface area contributed by atoms with Crippen LogP contribution in [0.2, 0.25) is 5.02 Å². The van der Waals surface area contributed by atoms with Gasteiger partial charge in [-0.3, -0.25) is 13.9 Å². The van der Waals surface area contributed by atoms with Gasteiger partial charge in [0.25, 0.3) is 0 Å². The number of nitrogens with zero attached hydrogens (tertiary/aromatic N) is 2. The smallest absolute Gasteiger partial charge is 0.324 e. The highest BCUT2D eigenvalue weighted by molar-refractivity contribution is 6.34. The number of rotatable bonds is 6. The second-order valence-corrected chi connectivity index (χ2v) is 7.22. The third kappa shape index (κ3) is 3.93. The first kappa shape index (κ1) is 19.2. The first-order valence-electron chi connectivity index (χ1n) is 9.17. The van der Waals surface area contributed by atoms with E-state index in [9.17, 15) is 9.59 Å². The maximum atomic E-state index is 12.8. The van der Waals surface area contributed by atoms with Crippen LogP contribution >= 0.6 is 11.6 Å². The quantitative estimate of drug-likeness (QED) is 0.678. The van der Waals surface area contributed by atoms with E-state index >= 15 is 0 Å². The number of halogens is 1. The molecule has 0 aliphatic heterocycles. The molecule has 5 nitrogen and oxygen atoms in total. The third-order valence-corrected chi connectivity index (χ3v) is 4.93. The normalized spacial score (nSPS) is 11.1. The number of para-hydroxylation sites is 2. The molecule has 0 saturated heterocycles. The summed E-state index contributed by atoms with van der Waals surface area (Å²) in [6.45, 7) is 6.90. The molecule has 142 valence electrons. The molecule has 0 radical (unpaired) electrons. The molecule has 0 atom stereocenters. The molecule has 0 saturated carbocycles. The maximum absolute atomic E-state index is 12.8. The summed E-state index contributed by atoms with van der Waals surface area (Å²) in [6, 6.07) is 11.5. The second kappa shape index (κ2) is 8.01. The molecule has 0 aliphatic carbocycles. The molecule has 0 spiro atoms. The SMILES string of the molecule is CCCn1c(=O)n(CCC(=O)Nc2c(C)cc(C)cc2Cl)c2ccccc21. The number of anilines is 1. The van der Waals surface area contributed by atoms with Gasteiger partial charge in [-0.15, -0.1) is 0 Å². The van der Waals surface area contributed by atoms with Gasteiger partial charge in [0, 0.05) is 19.5 Å². The summed E-state index contributed by atoms with van der Waals surface area (Å²) >= 11 is 6.26. The van der Waals surface area contributed by atoms with E-state index in [1.54, 1.807) is 9.13 Å². The van der Waals surface area contributed by atoms with Crippen LogP contribution < -0.4 is 11.0 Å². The molecule has 1 heterocycles. The largest absolute Gasteiger partial charge is 0.329 e. The van der Waals surface area contributed by atoms with Crippen LogP contribution in [0.25, 0.3) is 11.0 Å². The minimum absolute atomic E-state index is 0.0737. The zero-order valence-corrected chi connectivity index (χ0v) is 16.6. The van der Waals surface area contributed by atoms with E-state index in [1.165, 1.54) is 0 Å². The van der Waals surface area contributed by atoms with Gasteiger partial charge < -0.3 is 5.32 Å². The summed E-state index contributed by atoms with van der Waals surface area (Å²) in [6.07, 6.45) is 1.07. The van der Waals surface area contributed by atoms with Crippen molar-refractivity contribution < 1.29 is 4.79 Å². The summed E-state index contributed by atoms with van der Waals surface area (Å²) < 4.78 is 3.45. The van der Waals surface area contributed by atoms with Gasteiger partial charge in [0.2, 0.25) is 5.91 Å². The highest BCUT2D eigenvalue weighted by atomic mass is 35.5. The van der Waals surface area contributed by atoms with Gasteiger partial charge in [0.15, 0.2) is 0 Å². The van der Waals surface area contributed by atoms with Crippen molar-refractivity contribution in [1.29, 1.82) is 0 Å². The van der Waals surface area contributed by atoms with Crippen molar-refractivity contribution >= 4 is 34.2 Å². The van der Waals surface area contributed by atoms with Crippen LogP contribution in [0, 0.1) is 13.8 Å². The zero-order chi connectivity index (χ0) is 19.6. The van der Waals surface area contributed by atoms with Crippen LogP contribution in [0.5, 0.6) is 0 Å². The first-order valence-corrected chi connectivity index (χ1v) is 9.54. The van der Waals surface area contributed by atoms with Crippen LogP contribution in [0.3, 0.4) is 0 Å². The van der Waals surface area contributed by atoms with Crippen molar-refractivity contribution in [2.24, 2.45) is 0 Å². The van der Waals surface area contributed by atoms with E-state index in [0.29, 0.717) is 23.8 Å². The Balaban J connectivity index is 1.80. The highest BCUT2D eigenvalue weighted by Crippen LogP contribution is 2.27. The van der Waals surface area contributed by atoms with Crippen molar-refractivity contribution in [2.45, 2.75) is 46.7 Å². The number of nitrogens with one attached hydrogen (secondary N) is 1. The Morgan fingerprint density at radius 3 is 2.30 bits per heavy atom. The molecule has 0 unspecified atom stereocenters. The Hall–Kier alpha value is -2.53. The number of imidazole rings is 1. The Kier molecular flexibility index (Phi) is 5.71. The molecular weight excluding hydrogens is 362 g/mol. The van der Waals surface area contributed by atoms with Crippen LogP contribution in [0.1, 0.15) is 30.9 Å². The number of fused-ring (bicyclic) bond motifs is 1. The monoisotopic (exact) mass is 385 g/mol. The van der Waals surface area contributed by atoms with Gasteiger partial charge in [-0.05, 0) is 49.6 Å². The number of hydrogen-bond donors (Lipinski definition) is 1. The fraction of sp³-hybridized carbons (Fsp3) is 0.333. The third-order valence-electron chi connectivity index (χ3n) is 4.63. The van der Waals surface area contributed by atoms with Gasteiger partial charge >= 0.3 is 5.69 Å². The van der Waals surface area contributed by atoms with Gasteiger partial charge in [-0.1, -0.05) is 36.7 Å². The average Bonchev–Trinajstić information content (AvgIpc) is 2.88. The highest BCUT2D eigenvalue weighted by Gasteiger charge is 2.14. The summed E-state index contributed by atoms with van der Waals surface area (Å²) in [5, 5.41) is 3.41. The Bertz CT molecular complexity index is 1030. The molecule has 3 aromatic rings. The van der Waals surface area contributed by atoms with Gasteiger partial charge in [0.1, 0.15) is 0 Å². The molecule has 1 N–H and O–H groups in total. The summed E-state index contributed by atoms with van der Waals surface area (Å²) in [5.41, 5.74) is 4.29. The minimum atomic E-state index is -0.164. The summed E-state index contributed by atoms with van der Waals surface area (Å²) in [5.74, 6) is -0.164. The zero-order valence-electron chi connectivity index (χ0n) is 15.9. The fourth-order valence-electron chi connectivity index (χ4n) is 3.42. The number of benzene rings is 2. The van der Waals surface area contributed by atoms with Crippen molar-refractivity contribution in [2.75, 3.05) is 5.32 Å². The van der Waals surface area contributed by atoms with E-state index in [4.69, 9.17) is 11.6 Å². The topological polar surface area (TPSA) is 56.0 Å². The molecule has 0 bridgehead atoms. The van der Waals surface area contributed by atoms with Crippen molar-refractivity contribution in [3.05, 3.63) is 63.0 Å². The van der Waals surface area contributed by atoms with E-state index in [2.05, 4.69) is 5.32 Å². The van der Waals surface area contributed by atoms with Gasteiger partial charge in [0.05, 0.1) is 21.7 Å². The first-order chi connectivity index (χ1) is 12.9. The average molecular weight is 386 g/mol. The minimum Gasteiger partial charge on any atom is -0.324 e. The lowest BCUT2D eigenvalue weighted by molar-refractivity contribution is -0.116. The Labute approximate surface area is 163 Å². The lowest BCUT2D eigenvalue weighted by Crippen LogP contribution is -2.26. The number of amides is 1. The number of carbonyl (C=O) groups excluding carboxylic acids is 1. The van der Waals surface area contributed by atoms with Crippen LogP contribution in [0.4, 0.5) is 5.69 Å². The van der Waals surface area contributed by atoms with Crippen LogP contribution in [-0.2, 0) is 17.9 Å². The molecule has 27 heavy (non-hydrogen) atoms. The fourth-order valence-corrected chi connectivity index (χ4v) is 3.79. The van der Waals surface area contributed by atoms with Crippen LogP contribution in [0.15, 0.2) is 41.2 Å². The molecule has 0 aliphatic rings. The molecule has 1 amide bonds. The van der Waals surface area contributed by atoms with E-state index in [0.717, 1.165) is 28.6 Å². The van der Waals surface area contributed by atoms with Crippen LogP contribution in [-0.4, -0.2) is 15.0 Å². The standard InChI is InChI=1S/C21H24ClN3O2/c1-4-10-24-17-7-5-6-8-18(17)25(21(24)27)11-9-19(26)23-20-15(3)12-14(2)13-16(20)22/h5-8,12-13H,4,9-11H2,1-3H3,(H,23,26). The van der Waals surface area contributed by atoms with E-state index in [1.807, 2.05) is 57.2 Å². The van der Waals surface area contributed by atoms with Gasteiger partial charge in [-0.2, -0.15) is 0 Å². The van der Waals surface area contributed by atoms with Crippen molar-refractivity contribution in [1.82, 2.24) is 9.13 Å². The number of aromatic nitrogens is 2. The predicted octanol–water partition coefficient (Wildman–Crippen LogP) is 4.51. The number of carbonyl (C=O) groups is 1. The lowest BCUT2D eigenvalue weighted by atomic mass is 10.1. The Morgan fingerprint density at radius 2 is 1.70 bits per heavy atom. The Morgan fingerprint density at radius 1 is 1.07 bits per heavy atom. The molecule has 2 aromatic carbocycles. The molecule has 0 fully saturated rings. The summed E-state index contributed by atoms with van der Waals surface area (Å²) in [7, 11) is 0. The molecule has 6 heteroatoms. The number of aryl methyl sites for hydroxylation is 4. The number of hydrogen-bond acceptors (Lipinski definition) is 2. The molecule has 3 rings (SSSR count). The lowest BCUT2D eigenvalue weighted by Gasteiger charge is -2.12. The van der Waals surface area contributed by atoms with Crippen molar-refractivity contribution in [3.63, 3.8) is 0 Å². The van der Waals surface area contributed by atoms with E-state index in [-0.39, 0.29) is 18.0 Å². The molecule has 1 aromatic heterocycles. The second-order valence-electron chi connectivity index (χ2n) is 6.81. The summed E-state index contributed by atoms with van der Waals surface area (Å²) in [4.78, 5) is 25.2. The van der Waals surface area contributed by atoms with Gasteiger partial charge in [-0.25, -0.2) is 4.79 Å².